The highest BCUT2D eigenvalue weighted by Gasteiger charge is 2.32. The number of thiophene rings is 1. The van der Waals surface area contributed by atoms with Crippen LogP contribution in [0.2, 0.25) is 0 Å². The predicted molar refractivity (Wildman–Crippen MR) is 139 cm³/mol. The SMILES string of the molecule is Cc1c(S(=O)(=O)NCP(=O)(O)Oc2ccc(C#N)nc2)sc2c(F)c(OCCCN)c(OCCCN)c(F)c12. The Labute approximate surface area is 227 Å². The minimum absolute atomic E-state index is 0.0383. The molecule has 17 heteroatoms. The van der Waals surface area contributed by atoms with Crippen molar-refractivity contribution in [1.82, 2.24) is 9.71 Å². The standard InChI is InChI=1S/C22H26F2N5O7PS2/c1-13-16-17(23)19(34-8-2-6-25)20(35-9-3-7-26)18(24)21(16)38-22(13)39(32,33)29-12-37(30,31)36-15-5-4-14(10-27)28-11-15/h4-5,11,29H,2-3,6-9,12,25-26H2,1H3,(H,30,31). The fraction of sp³-hybridized carbons (Fsp3) is 0.364. The third-order valence-electron chi connectivity index (χ3n) is 5.11. The number of benzene rings is 1. The Morgan fingerprint density at radius 2 is 1.77 bits per heavy atom. The van der Waals surface area contributed by atoms with Crippen molar-refractivity contribution >= 4 is 39.0 Å². The van der Waals surface area contributed by atoms with E-state index in [0.29, 0.717) is 24.2 Å². The zero-order chi connectivity index (χ0) is 28.8. The summed E-state index contributed by atoms with van der Waals surface area (Å²) in [6.45, 7) is 1.67. The molecular weight excluding hydrogens is 579 g/mol. The average molecular weight is 606 g/mol. The molecule has 1 atom stereocenters. The molecule has 2 aromatic heterocycles. The van der Waals surface area contributed by atoms with Crippen molar-refractivity contribution in [3.05, 3.63) is 41.2 Å². The van der Waals surface area contributed by atoms with Crippen LogP contribution in [0.15, 0.2) is 22.5 Å². The van der Waals surface area contributed by atoms with Gasteiger partial charge in [0.05, 0.1) is 24.1 Å². The molecule has 0 spiro atoms. The summed E-state index contributed by atoms with van der Waals surface area (Å²) in [5.74, 6) is -3.26. The second kappa shape index (κ2) is 13.0. The van der Waals surface area contributed by atoms with Gasteiger partial charge in [-0.25, -0.2) is 26.7 Å². The van der Waals surface area contributed by atoms with Gasteiger partial charge >= 0.3 is 7.60 Å². The van der Waals surface area contributed by atoms with Gasteiger partial charge in [-0.1, -0.05) is 0 Å². The fourth-order valence-corrected chi connectivity index (χ4v) is 7.59. The number of aryl methyl sites for hydroxylation is 1. The molecule has 0 fully saturated rings. The highest BCUT2D eigenvalue weighted by molar-refractivity contribution is 7.92. The number of fused-ring (bicyclic) bond motifs is 1. The van der Waals surface area contributed by atoms with Gasteiger partial charge in [-0.2, -0.15) is 9.98 Å². The topological polar surface area (TPSA) is 200 Å². The van der Waals surface area contributed by atoms with E-state index in [9.17, 15) is 17.9 Å². The number of nitriles is 1. The predicted octanol–water partition coefficient (Wildman–Crippen LogP) is 2.71. The number of aromatic nitrogens is 1. The molecular formula is C22H26F2N5O7PS2. The monoisotopic (exact) mass is 605 g/mol. The molecule has 39 heavy (non-hydrogen) atoms. The van der Waals surface area contributed by atoms with E-state index in [2.05, 4.69) is 4.98 Å². The number of ether oxygens (including phenoxy) is 2. The molecule has 3 aromatic rings. The lowest BCUT2D eigenvalue weighted by atomic mass is 10.1. The molecule has 1 aromatic carbocycles. The summed E-state index contributed by atoms with van der Waals surface area (Å²) in [5, 5.41) is 8.44. The summed E-state index contributed by atoms with van der Waals surface area (Å²) in [4.78, 5) is 13.8. The lowest BCUT2D eigenvalue weighted by molar-refractivity contribution is 0.247. The van der Waals surface area contributed by atoms with Crippen LogP contribution in [0.3, 0.4) is 0 Å². The quantitative estimate of drug-likeness (QED) is 0.156. The Bertz CT molecular complexity index is 1530. The second-order valence-electron chi connectivity index (χ2n) is 8.01. The zero-order valence-corrected chi connectivity index (χ0v) is 23.2. The van der Waals surface area contributed by atoms with Crippen LogP contribution in [0.5, 0.6) is 17.2 Å². The van der Waals surface area contributed by atoms with E-state index in [0.717, 1.165) is 6.20 Å². The number of nitrogens with one attached hydrogen (secondary N) is 1. The van der Waals surface area contributed by atoms with Crippen LogP contribution in [-0.2, 0) is 14.6 Å². The summed E-state index contributed by atoms with van der Waals surface area (Å²) in [6, 6.07) is 4.22. The highest BCUT2D eigenvalue weighted by atomic mass is 32.2. The first-order chi connectivity index (χ1) is 18.5. The van der Waals surface area contributed by atoms with Crippen LogP contribution in [0, 0.1) is 29.9 Å². The third kappa shape index (κ3) is 7.20. The van der Waals surface area contributed by atoms with Crippen LogP contribution >= 0.6 is 18.9 Å². The average Bonchev–Trinajstić information content (AvgIpc) is 3.26. The Hall–Kier alpha value is -2.90. The Balaban J connectivity index is 1.94. The largest absolute Gasteiger partial charge is 0.487 e. The summed E-state index contributed by atoms with van der Waals surface area (Å²) >= 11 is 0.422. The van der Waals surface area contributed by atoms with Gasteiger partial charge in [0, 0.05) is 5.39 Å². The summed E-state index contributed by atoms with van der Waals surface area (Å²) in [6.07, 6.45) is 0.651. The molecule has 0 aliphatic carbocycles. The number of sulfonamides is 1. The van der Waals surface area contributed by atoms with Gasteiger partial charge < -0.3 is 30.4 Å². The van der Waals surface area contributed by atoms with E-state index in [1.165, 1.54) is 19.1 Å². The molecule has 0 saturated heterocycles. The van der Waals surface area contributed by atoms with Gasteiger partial charge in [0.2, 0.25) is 11.5 Å². The van der Waals surface area contributed by atoms with Crippen molar-refractivity contribution in [3.8, 4) is 23.3 Å². The molecule has 2 heterocycles. The zero-order valence-electron chi connectivity index (χ0n) is 20.6. The first-order valence-corrected chi connectivity index (χ1v) is 15.5. The lowest BCUT2D eigenvalue weighted by Crippen LogP contribution is -2.25. The molecule has 0 radical (unpaired) electrons. The minimum Gasteiger partial charge on any atom is -0.487 e. The highest BCUT2D eigenvalue weighted by Crippen LogP contribution is 2.47. The van der Waals surface area contributed by atoms with E-state index in [1.54, 1.807) is 6.07 Å². The Morgan fingerprint density at radius 3 is 2.31 bits per heavy atom. The van der Waals surface area contributed by atoms with Crippen LogP contribution in [-0.4, -0.2) is 50.9 Å². The number of hydrogen-bond donors (Lipinski definition) is 4. The van der Waals surface area contributed by atoms with Crippen molar-refractivity contribution in [2.75, 3.05) is 32.6 Å². The first kappa shape index (κ1) is 30.6. The third-order valence-corrected chi connectivity index (χ3v) is 9.69. The van der Waals surface area contributed by atoms with Crippen molar-refractivity contribution in [3.63, 3.8) is 0 Å². The molecule has 1 unspecified atom stereocenters. The number of nitrogens with zero attached hydrogens (tertiary/aromatic N) is 2. The van der Waals surface area contributed by atoms with Gasteiger partial charge in [-0.3, -0.25) is 0 Å². The van der Waals surface area contributed by atoms with Crippen LogP contribution < -0.4 is 30.2 Å². The van der Waals surface area contributed by atoms with E-state index >= 15 is 8.78 Å². The number of nitrogens with two attached hydrogens (primary N) is 2. The van der Waals surface area contributed by atoms with E-state index in [4.69, 9.17) is 30.7 Å². The maximum Gasteiger partial charge on any atom is 0.391 e. The first-order valence-electron chi connectivity index (χ1n) is 11.4. The van der Waals surface area contributed by atoms with Gasteiger partial charge in [0.1, 0.15) is 28.0 Å². The second-order valence-corrected chi connectivity index (χ2v) is 12.8. The van der Waals surface area contributed by atoms with Crippen molar-refractivity contribution in [2.45, 2.75) is 24.0 Å². The number of hydrogen-bond acceptors (Lipinski definition) is 11. The van der Waals surface area contributed by atoms with E-state index in [1.807, 2.05) is 4.72 Å². The molecule has 0 saturated carbocycles. The van der Waals surface area contributed by atoms with Gasteiger partial charge in [-0.15, -0.1) is 11.3 Å². The number of rotatable bonds is 14. The van der Waals surface area contributed by atoms with Gasteiger partial charge in [0.15, 0.2) is 11.6 Å². The smallest absolute Gasteiger partial charge is 0.391 e. The van der Waals surface area contributed by atoms with Crippen LogP contribution in [0.1, 0.15) is 24.1 Å². The molecule has 0 aliphatic heterocycles. The van der Waals surface area contributed by atoms with Gasteiger partial charge in [0.25, 0.3) is 10.0 Å². The normalized spacial score (nSPS) is 13.2. The molecule has 3 rings (SSSR count). The summed E-state index contributed by atoms with van der Waals surface area (Å²) in [5.41, 5.74) is 10.8. The maximum absolute atomic E-state index is 15.6. The summed E-state index contributed by atoms with van der Waals surface area (Å²) in [7, 11) is -9.13. The minimum atomic E-state index is -4.59. The molecule has 6 N–H and O–H groups in total. The van der Waals surface area contributed by atoms with Crippen molar-refractivity contribution in [2.24, 2.45) is 11.5 Å². The Morgan fingerprint density at radius 1 is 1.15 bits per heavy atom. The van der Waals surface area contributed by atoms with Crippen LogP contribution in [0.25, 0.3) is 10.1 Å². The lowest BCUT2D eigenvalue weighted by Gasteiger charge is -2.15. The van der Waals surface area contributed by atoms with Crippen molar-refractivity contribution < 1.29 is 40.7 Å². The fourth-order valence-electron chi connectivity index (χ4n) is 3.29. The molecule has 12 nitrogen and oxygen atoms in total. The van der Waals surface area contributed by atoms with Gasteiger partial charge in [-0.05, 0) is 50.6 Å². The maximum atomic E-state index is 15.6. The van der Waals surface area contributed by atoms with Crippen molar-refractivity contribution in [1.29, 1.82) is 5.26 Å². The molecule has 212 valence electrons. The number of pyridine rings is 1. The summed E-state index contributed by atoms with van der Waals surface area (Å²) < 4.78 is 86.6. The Kier molecular flexibility index (Phi) is 10.2. The molecule has 0 amide bonds. The number of halogens is 2. The molecule has 0 aliphatic rings. The van der Waals surface area contributed by atoms with E-state index < -0.39 is 51.2 Å². The van der Waals surface area contributed by atoms with Crippen LogP contribution in [0.4, 0.5) is 8.78 Å². The molecule has 0 bridgehead atoms. The van der Waals surface area contributed by atoms with E-state index in [-0.39, 0.29) is 53.4 Å².